The van der Waals surface area contributed by atoms with E-state index in [0.717, 1.165) is 42.9 Å². The van der Waals surface area contributed by atoms with Crippen LogP contribution in [0, 0.1) is 17.6 Å². The van der Waals surface area contributed by atoms with Crippen LogP contribution in [0.3, 0.4) is 0 Å². The highest BCUT2D eigenvalue weighted by atomic mass is 19.1. The van der Waals surface area contributed by atoms with E-state index < -0.39 is 17.5 Å². The Hall–Kier alpha value is -2.43. The van der Waals surface area contributed by atoms with Crippen molar-refractivity contribution in [3.05, 3.63) is 59.7 Å². The molecule has 1 aliphatic rings. The summed E-state index contributed by atoms with van der Waals surface area (Å²) in [4.78, 5) is 14.4. The maximum absolute atomic E-state index is 13.2. The van der Waals surface area contributed by atoms with E-state index in [4.69, 9.17) is 0 Å². The summed E-state index contributed by atoms with van der Waals surface area (Å²) in [6.45, 7) is 4.34. The van der Waals surface area contributed by atoms with Crippen molar-refractivity contribution in [1.82, 2.24) is 0 Å². The van der Waals surface area contributed by atoms with Gasteiger partial charge < -0.3 is 10.2 Å². The van der Waals surface area contributed by atoms with E-state index in [9.17, 15) is 13.6 Å². The van der Waals surface area contributed by atoms with Crippen LogP contribution in [0.5, 0.6) is 0 Å². The van der Waals surface area contributed by atoms with E-state index in [1.54, 1.807) is 12.1 Å². The Morgan fingerprint density at radius 2 is 1.62 bits per heavy atom. The van der Waals surface area contributed by atoms with Gasteiger partial charge in [-0.3, -0.25) is 4.79 Å². The topological polar surface area (TPSA) is 32.3 Å². The number of halogens is 2. The molecule has 1 N–H and O–H groups in total. The molecular formula is C19H20F2N2O. The van der Waals surface area contributed by atoms with Crippen molar-refractivity contribution in [3.63, 3.8) is 0 Å². The fourth-order valence-electron chi connectivity index (χ4n) is 2.91. The van der Waals surface area contributed by atoms with Gasteiger partial charge in [-0.1, -0.05) is 6.92 Å². The summed E-state index contributed by atoms with van der Waals surface area (Å²) >= 11 is 0. The fraction of sp³-hybridized carbons (Fsp3) is 0.316. The average molecular weight is 330 g/mol. The van der Waals surface area contributed by atoms with Crippen molar-refractivity contribution in [3.8, 4) is 0 Å². The second kappa shape index (κ2) is 6.99. The molecule has 1 saturated heterocycles. The normalized spacial score (nSPS) is 15.4. The van der Waals surface area contributed by atoms with Gasteiger partial charge in [0.15, 0.2) is 0 Å². The summed E-state index contributed by atoms with van der Waals surface area (Å²) in [6.07, 6.45) is 2.37. The number of anilines is 2. The second-order valence-corrected chi connectivity index (χ2v) is 6.33. The Morgan fingerprint density at radius 1 is 1.04 bits per heavy atom. The number of carbonyl (C=O) groups excluding carboxylic acids is 1. The van der Waals surface area contributed by atoms with E-state index in [1.165, 1.54) is 12.8 Å². The molecule has 0 bridgehead atoms. The Morgan fingerprint density at radius 3 is 2.21 bits per heavy atom. The van der Waals surface area contributed by atoms with Gasteiger partial charge in [-0.05, 0) is 55.2 Å². The smallest absolute Gasteiger partial charge is 0.255 e. The zero-order valence-electron chi connectivity index (χ0n) is 13.6. The number of nitrogens with one attached hydrogen (secondary N) is 1. The second-order valence-electron chi connectivity index (χ2n) is 6.33. The van der Waals surface area contributed by atoms with Crippen molar-refractivity contribution in [2.45, 2.75) is 19.8 Å². The van der Waals surface area contributed by atoms with E-state index in [0.29, 0.717) is 5.69 Å². The number of hydrogen-bond acceptors (Lipinski definition) is 2. The maximum atomic E-state index is 13.2. The Kier molecular flexibility index (Phi) is 4.79. The van der Waals surface area contributed by atoms with Crippen molar-refractivity contribution < 1.29 is 13.6 Å². The molecule has 2 aromatic rings. The number of rotatable bonds is 3. The first kappa shape index (κ1) is 16.4. The summed E-state index contributed by atoms with van der Waals surface area (Å²) in [5.74, 6) is -1.30. The first-order valence-electron chi connectivity index (χ1n) is 8.14. The van der Waals surface area contributed by atoms with E-state index in [2.05, 4.69) is 17.1 Å². The SMILES string of the molecule is CC1CCN(c2ccc(NC(=O)c3cc(F)cc(F)c3)cc2)CC1. The molecule has 2 aromatic carbocycles. The number of hydrogen-bond donors (Lipinski definition) is 1. The Balaban J connectivity index is 1.66. The van der Waals surface area contributed by atoms with Gasteiger partial charge in [-0.15, -0.1) is 0 Å². The fourth-order valence-corrected chi connectivity index (χ4v) is 2.91. The first-order valence-corrected chi connectivity index (χ1v) is 8.14. The van der Waals surface area contributed by atoms with Crippen molar-refractivity contribution in [2.24, 2.45) is 5.92 Å². The quantitative estimate of drug-likeness (QED) is 0.901. The molecule has 1 fully saturated rings. The summed E-state index contributed by atoms with van der Waals surface area (Å²) < 4.78 is 26.4. The molecule has 1 aliphatic heterocycles. The van der Waals surface area contributed by atoms with Crippen LogP contribution in [0.25, 0.3) is 0 Å². The highest BCUT2D eigenvalue weighted by Crippen LogP contribution is 2.24. The molecule has 0 aliphatic carbocycles. The van der Waals surface area contributed by atoms with E-state index in [1.807, 2.05) is 12.1 Å². The molecule has 1 heterocycles. The monoisotopic (exact) mass is 330 g/mol. The van der Waals surface area contributed by atoms with Gasteiger partial charge in [0.1, 0.15) is 11.6 Å². The predicted molar refractivity (Wildman–Crippen MR) is 91.4 cm³/mol. The van der Waals surface area contributed by atoms with Crippen LogP contribution in [0.1, 0.15) is 30.1 Å². The number of carbonyl (C=O) groups is 1. The summed E-state index contributed by atoms with van der Waals surface area (Å²) in [5.41, 5.74) is 1.68. The molecule has 126 valence electrons. The lowest BCUT2D eigenvalue weighted by Gasteiger charge is -2.32. The molecule has 0 unspecified atom stereocenters. The number of piperidine rings is 1. The van der Waals surface area contributed by atoms with Crippen LogP contribution in [0.2, 0.25) is 0 Å². The molecule has 3 rings (SSSR count). The van der Waals surface area contributed by atoms with Gasteiger partial charge in [-0.25, -0.2) is 8.78 Å². The van der Waals surface area contributed by atoms with E-state index >= 15 is 0 Å². The molecule has 24 heavy (non-hydrogen) atoms. The van der Waals surface area contributed by atoms with Crippen LogP contribution in [0.15, 0.2) is 42.5 Å². The predicted octanol–water partition coefficient (Wildman–Crippen LogP) is 4.45. The lowest BCUT2D eigenvalue weighted by atomic mass is 9.99. The third-order valence-corrected chi connectivity index (χ3v) is 4.40. The molecule has 1 amide bonds. The van der Waals surface area contributed by atoms with Crippen LogP contribution < -0.4 is 10.2 Å². The van der Waals surface area contributed by atoms with Gasteiger partial charge in [0.05, 0.1) is 0 Å². The van der Waals surface area contributed by atoms with Crippen molar-refractivity contribution >= 4 is 17.3 Å². The lowest BCUT2D eigenvalue weighted by molar-refractivity contribution is 0.102. The highest BCUT2D eigenvalue weighted by molar-refractivity contribution is 6.04. The zero-order chi connectivity index (χ0) is 17.1. The molecule has 0 atom stereocenters. The standard InChI is InChI=1S/C19H20F2N2O/c1-13-6-8-23(9-7-13)18-4-2-17(3-5-18)22-19(24)14-10-15(20)12-16(21)11-14/h2-5,10-13H,6-9H2,1H3,(H,22,24). The van der Waals surface area contributed by atoms with Crippen LogP contribution in [0.4, 0.5) is 20.2 Å². The Bertz CT molecular complexity index is 702. The number of benzene rings is 2. The minimum absolute atomic E-state index is 0.0402. The molecule has 5 heteroatoms. The van der Waals surface area contributed by atoms with Crippen LogP contribution in [-0.4, -0.2) is 19.0 Å². The third kappa shape index (κ3) is 3.91. The largest absolute Gasteiger partial charge is 0.372 e. The minimum atomic E-state index is -0.769. The van der Waals surface area contributed by atoms with Gasteiger partial charge >= 0.3 is 0 Å². The van der Waals surface area contributed by atoms with Gasteiger partial charge in [0.2, 0.25) is 0 Å². The van der Waals surface area contributed by atoms with Crippen LogP contribution in [-0.2, 0) is 0 Å². The molecule has 0 radical (unpaired) electrons. The minimum Gasteiger partial charge on any atom is -0.372 e. The molecule has 0 spiro atoms. The molecule has 0 aromatic heterocycles. The molecular weight excluding hydrogens is 310 g/mol. The number of amides is 1. The highest BCUT2D eigenvalue weighted by Gasteiger charge is 2.16. The van der Waals surface area contributed by atoms with Gasteiger partial charge in [0.25, 0.3) is 5.91 Å². The first-order chi connectivity index (χ1) is 11.5. The molecule has 0 saturated carbocycles. The third-order valence-electron chi connectivity index (χ3n) is 4.40. The number of nitrogens with zero attached hydrogens (tertiary/aromatic N) is 1. The Labute approximate surface area is 140 Å². The van der Waals surface area contributed by atoms with Gasteiger partial charge in [-0.2, -0.15) is 0 Å². The van der Waals surface area contributed by atoms with Crippen LogP contribution >= 0.6 is 0 Å². The summed E-state index contributed by atoms with van der Waals surface area (Å²) in [6, 6.07) is 10.3. The van der Waals surface area contributed by atoms with Crippen molar-refractivity contribution in [2.75, 3.05) is 23.3 Å². The average Bonchev–Trinajstić information content (AvgIpc) is 2.55. The summed E-state index contributed by atoms with van der Waals surface area (Å²) in [7, 11) is 0. The van der Waals surface area contributed by atoms with Gasteiger partial charge in [0, 0.05) is 36.1 Å². The van der Waals surface area contributed by atoms with E-state index in [-0.39, 0.29) is 5.56 Å². The lowest BCUT2D eigenvalue weighted by Crippen LogP contribution is -2.32. The maximum Gasteiger partial charge on any atom is 0.255 e. The van der Waals surface area contributed by atoms with Crippen molar-refractivity contribution in [1.29, 1.82) is 0 Å². The summed E-state index contributed by atoms with van der Waals surface area (Å²) in [5, 5.41) is 2.66. The zero-order valence-corrected chi connectivity index (χ0v) is 13.6. The molecule has 3 nitrogen and oxygen atoms in total.